The van der Waals surface area contributed by atoms with E-state index >= 15 is 0 Å². The Morgan fingerprint density at radius 2 is 1.83 bits per heavy atom. The highest BCUT2D eigenvalue weighted by atomic mass is 127. The van der Waals surface area contributed by atoms with Crippen LogP contribution < -0.4 is 20.5 Å². The molecule has 0 radical (unpaired) electrons. The predicted molar refractivity (Wildman–Crippen MR) is 132 cm³/mol. The minimum Gasteiger partial charge on any atom is -0.495 e. The quantitative estimate of drug-likeness (QED) is 0.266. The molecule has 0 unspecified atom stereocenters. The summed E-state index contributed by atoms with van der Waals surface area (Å²) < 4.78 is 10.9. The van der Waals surface area contributed by atoms with Gasteiger partial charge in [-0.1, -0.05) is 37.6 Å². The van der Waals surface area contributed by atoms with E-state index < -0.39 is 0 Å². The second kappa shape index (κ2) is 13.5. The van der Waals surface area contributed by atoms with Crippen LogP contribution in [0.15, 0.2) is 47.5 Å². The van der Waals surface area contributed by atoms with E-state index in [0.29, 0.717) is 29.9 Å². The van der Waals surface area contributed by atoms with Crippen LogP contribution in [-0.4, -0.2) is 44.2 Å². The third kappa shape index (κ3) is 8.67. The molecule has 2 aromatic rings. The lowest BCUT2D eigenvalue weighted by Gasteiger charge is -2.18. The first kappa shape index (κ1) is 25.3. The van der Waals surface area contributed by atoms with E-state index in [1.165, 1.54) is 0 Å². The van der Waals surface area contributed by atoms with Gasteiger partial charge in [-0.05, 0) is 49.0 Å². The zero-order valence-corrected chi connectivity index (χ0v) is 20.2. The van der Waals surface area contributed by atoms with Gasteiger partial charge in [-0.15, -0.1) is 24.0 Å². The molecule has 0 bridgehead atoms. The molecular weight excluding hydrogens is 503 g/mol. The fraction of sp³-hybridized carbons (Fsp3) is 0.381. The Hall–Kier alpha value is -1.71. The van der Waals surface area contributed by atoms with E-state index in [0.717, 1.165) is 36.6 Å². The lowest BCUT2D eigenvalue weighted by molar-refractivity contribution is 0.223. The number of anilines is 1. The molecule has 3 N–H and O–H groups in total. The highest BCUT2D eigenvalue weighted by molar-refractivity contribution is 14.0. The van der Waals surface area contributed by atoms with Gasteiger partial charge in [0.25, 0.3) is 0 Å². The fourth-order valence-corrected chi connectivity index (χ4v) is 2.89. The molecular formula is C21H30ClIN4O2. The number of hydrogen-bond acceptors (Lipinski definition) is 4. The van der Waals surface area contributed by atoms with Crippen molar-refractivity contribution in [3.05, 3.63) is 53.1 Å². The van der Waals surface area contributed by atoms with Crippen LogP contribution in [0.4, 0.5) is 5.69 Å². The molecule has 0 spiro atoms. The maximum absolute atomic E-state index is 6.11. The Kier molecular flexibility index (Phi) is 11.8. The van der Waals surface area contributed by atoms with Crippen LogP contribution in [0.3, 0.4) is 0 Å². The molecule has 6 nitrogen and oxygen atoms in total. The molecule has 0 aliphatic heterocycles. The van der Waals surface area contributed by atoms with Crippen LogP contribution in [0.2, 0.25) is 5.02 Å². The first-order chi connectivity index (χ1) is 13.5. The summed E-state index contributed by atoms with van der Waals surface area (Å²) in [6.07, 6.45) is 0. The molecule has 0 aliphatic carbocycles. The highest BCUT2D eigenvalue weighted by Crippen LogP contribution is 2.27. The largest absolute Gasteiger partial charge is 0.495 e. The zero-order chi connectivity index (χ0) is 20.4. The van der Waals surface area contributed by atoms with Crippen molar-refractivity contribution in [2.24, 2.45) is 10.7 Å². The Balaban J connectivity index is 0.00000420. The molecule has 0 aromatic heterocycles. The number of methoxy groups -OCH3 is 1. The molecule has 160 valence electrons. The van der Waals surface area contributed by atoms with Crippen molar-refractivity contribution in [2.45, 2.75) is 20.4 Å². The molecule has 0 heterocycles. The van der Waals surface area contributed by atoms with Crippen LogP contribution in [0.1, 0.15) is 19.4 Å². The minimum absolute atomic E-state index is 0. The molecule has 0 amide bonds. The topological polar surface area (TPSA) is 72.1 Å². The van der Waals surface area contributed by atoms with E-state index in [2.05, 4.69) is 29.1 Å². The van der Waals surface area contributed by atoms with Gasteiger partial charge in [-0.2, -0.15) is 0 Å². The van der Waals surface area contributed by atoms with Crippen LogP contribution in [0, 0.1) is 0 Å². The molecule has 0 aliphatic rings. The van der Waals surface area contributed by atoms with Gasteiger partial charge in [-0.3, -0.25) is 0 Å². The number of hydrogen-bond donors (Lipinski definition) is 2. The Morgan fingerprint density at radius 3 is 2.41 bits per heavy atom. The van der Waals surface area contributed by atoms with E-state index in [1.54, 1.807) is 19.2 Å². The van der Waals surface area contributed by atoms with Crippen molar-refractivity contribution in [2.75, 3.05) is 38.7 Å². The summed E-state index contributed by atoms with van der Waals surface area (Å²) in [5.74, 6) is 1.79. The van der Waals surface area contributed by atoms with Gasteiger partial charge in [0.05, 0.1) is 18.7 Å². The Bertz CT molecular complexity index is 768. The molecule has 0 saturated heterocycles. The maximum Gasteiger partial charge on any atom is 0.193 e. The molecule has 29 heavy (non-hydrogen) atoms. The van der Waals surface area contributed by atoms with Crippen LogP contribution in [0.5, 0.6) is 11.5 Å². The van der Waals surface area contributed by atoms with Crippen molar-refractivity contribution in [1.29, 1.82) is 0 Å². The highest BCUT2D eigenvalue weighted by Gasteiger charge is 2.03. The summed E-state index contributed by atoms with van der Waals surface area (Å²) in [7, 11) is 1.57. The number of rotatable bonds is 10. The SMILES string of the molecule is CCN(CC)CCOc1ccc(CN=C(N)Nc2ccc(OC)c(Cl)c2)cc1.I. The summed E-state index contributed by atoms with van der Waals surface area (Å²) in [5, 5.41) is 3.53. The molecule has 0 atom stereocenters. The summed E-state index contributed by atoms with van der Waals surface area (Å²) in [4.78, 5) is 6.69. The van der Waals surface area contributed by atoms with Crippen molar-refractivity contribution < 1.29 is 9.47 Å². The average Bonchev–Trinajstić information content (AvgIpc) is 2.71. The van der Waals surface area contributed by atoms with Crippen molar-refractivity contribution in [3.63, 3.8) is 0 Å². The maximum atomic E-state index is 6.11. The lowest BCUT2D eigenvalue weighted by Crippen LogP contribution is -2.27. The lowest BCUT2D eigenvalue weighted by atomic mass is 10.2. The summed E-state index contributed by atoms with van der Waals surface area (Å²) in [6, 6.07) is 13.3. The van der Waals surface area contributed by atoms with Gasteiger partial charge >= 0.3 is 0 Å². The molecule has 8 heteroatoms. The molecule has 2 aromatic carbocycles. The molecule has 0 fully saturated rings. The Labute approximate surface area is 195 Å². The van der Waals surface area contributed by atoms with E-state index in [9.17, 15) is 0 Å². The van der Waals surface area contributed by atoms with Gasteiger partial charge in [-0.25, -0.2) is 4.99 Å². The van der Waals surface area contributed by atoms with Crippen LogP contribution >= 0.6 is 35.6 Å². The monoisotopic (exact) mass is 532 g/mol. The number of guanidine groups is 1. The Morgan fingerprint density at radius 1 is 1.14 bits per heavy atom. The number of aliphatic imine (C=N–C) groups is 1. The number of nitrogens with zero attached hydrogens (tertiary/aromatic N) is 2. The second-order valence-corrected chi connectivity index (χ2v) is 6.60. The van der Waals surface area contributed by atoms with E-state index in [1.807, 2.05) is 30.3 Å². The standard InChI is InChI=1S/C21H29ClN4O2.HI/c1-4-26(5-2)12-13-28-18-9-6-16(7-10-18)15-24-21(23)25-17-8-11-20(27-3)19(22)14-17;/h6-11,14H,4-5,12-13,15H2,1-3H3,(H3,23,24,25);1H. The van der Waals surface area contributed by atoms with Gasteiger partial charge in [0.15, 0.2) is 5.96 Å². The fourth-order valence-electron chi connectivity index (χ4n) is 2.63. The normalized spacial score (nSPS) is 11.1. The number of nitrogens with one attached hydrogen (secondary N) is 1. The van der Waals surface area contributed by atoms with Crippen LogP contribution in [-0.2, 0) is 6.54 Å². The van der Waals surface area contributed by atoms with Gasteiger partial charge in [0.2, 0.25) is 0 Å². The van der Waals surface area contributed by atoms with Crippen molar-refractivity contribution in [3.8, 4) is 11.5 Å². The molecule has 2 rings (SSSR count). The third-order valence-electron chi connectivity index (χ3n) is 4.35. The average molecular weight is 533 g/mol. The minimum atomic E-state index is 0. The number of nitrogens with two attached hydrogens (primary N) is 1. The first-order valence-corrected chi connectivity index (χ1v) is 9.78. The summed E-state index contributed by atoms with van der Waals surface area (Å²) in [6.45, 7) is 8.47. The number of likely N-dealkylation sites (N-methyl/N-ethyl adjacent to an activating group) is 1. The molecule has 0 saturated carbocycles. The van der Waals surface area contributed by atoms with Gasteiger partial charge < -0.3 is 25.4 Å². The number of benzene rings is 2. The van der Waals surface area contributed by atoms with Crippen LogP contribution in [0.25, 0.3) is 0 Å². The number of halogens is 2. The smallest absolute Gasteiger partial charge is 0.193 e. The number of ether oxygens (including phenoxy) is 2. The third-order valence-corrected chi connectivity index (χ3v) is 4.65. The van der Waals surface area contributed by atoms with Crippen molar-refractivity contribution >= 4 is 47.2 Å². The predicted octanol–water partition coefficient (Wildman–Crippen LogP) is 4.61. The van der Waals surface area contributed by atoms with Crippen molar-refractivity contribution in [1.82, 2.24) is 4.90 Å². The summed E-state index contributed by atoms with van der Waals surface area (Å²) >= 11 is 6.11. The van der Waals surface area contributed by atoms with E-state index in [4.69, 9.17) is 26.8 Å². The van der Waals surface area contributed by atoms with Gasteiger partial charge in [0, 0.05) is 12.2 Å². The van der Waals surface area contributed by atoms with E-state index in [-0.39, 0.29) is 24.0 Å². The summed E-state index contributed by atoms with van der Waals surface area (Å²) in [5.41, 5.74) is 7.76. The first-order valence-electron chi connectivity index (χ1n) is 9.40. The second-order valence-electron chi connectivity index (χ2n) is 6.20. The zero-order valence-electron chi connectivity index (χ0n) is 17.2. The van der Waals surface area contributed by atoms with Gasteiger partial charge in [0.1, 0.15) is 18.1 Å².